The van der Waals surface area contributed by atoms with Crippen molar-refractivity contribution in [3.63, 3.8) is 0 Å². The van der Waals surface area contributed by atoms with Crippen molar-refractivity contribution in [3.05, 3.63) is 36.4 Å². The van der Waals surface area contributed by atoms with Crippen LogP contribution in [0.1, 0.15) is 6.92 Å². The fraction of sp³-hybridized carbons (Fsp3) is 0.522. The number of anilines is 1. The molecule has 3 amide bonds. The molecule has 0 saturated carbocycles. The van der Waals surface area contributed by atoms with Gasteiger partial charge < -0.3 is 28.9 Å². The molecule has 0 aromatic heterocycles. The monoisotopic (exact) mass is 441 g/mol. The van der Waals surface area contributed by atoms with E-state index in [0.717, 1.165) is 5.69 Å². The van der Waals surface area contributed by atoms with Gasteiger partial charge >= 0.3 is 6.09 Å². The minimum absolute atomic E-state index is 0.0836. The minimum Gasteiger partial charge on any atom is -0.497 e. The van der Waals surface area contributed by atoms with Gasteiger partial charge in [-0.15, -0.1) is 0 Å². The third-order valence-corrected chi connectivity index (χ3v) is 6.89. The zero-order valence-electron chi connectivity index (χ0n) is 18.2. The van der Waals surface area contributed by atoms with Crippen molar-refractivity contribution in [1.29, 1.82) is 0 Å². The van der Waals surface area contributed by atoms with Gasteiger partial charge in [0.05, 0.1) is 38.2 Å². The molecule has 0 N–H and O–H groups in total. The number of amides is 3. The molecule has 4 atom stereocenters. The molecule has 9 nitrogen and oxygen atoms in total. The molecule has 1 spiro atoms. The number of carbonyl (C=O) groups is 3. The SMILES string of the molecule is CCOC(=O)N1CCN(C(=O)C2[C@@H]3C=C[C@]4(CN(c5ccc(OC)cc5)C(=O)[C@H]24)O3)CC1. The predicted molar refractivity (Wildman–Crippen MR) is 114 cm³/mol. The molecule has 4 heterocycles. The highest BCUT2D eigenvalue weighted by Gasteiger charge is 2.67. The molecule has 2 bridgehead atoms. The molecule has 9 heteroatoms. The van der Waals surface area contributed by atoms with Crippen molar-refractivity contribution in [2.75, 3.05) is 51.3 Å². The summed E-state index contributed by atoms with van der Waals surface area (Å²) < 4.78 is 16.5. The topological polar surface area (TPSA) is 88.6 Å². The molecule has 5 rings (SSSR count). The molecule has 0 radical (unpaired) electrons. The first-order chi connectivity index (χ1) is 15.5. The van der Waals surface area contributed by atoms with Crippen LogP contribution in [0.25, 0.3) is 0 Å². The standard InChI is InChI=1S/C23H27N3O6/c1-3-31-22(29)25-12-10-24(11-13-25)20(27)18-17-8-9-23(32-17)14-26(21(28)19(18)23)15-4-6-16(30-2)7-5-15/h4-9,17-19H,3,10-14H2,1-2H3/t17-,18?,19-,23+/m0/s1. The molecular formula is C23H27N3O6. The third kappa shape index (κ3) is 3.14. The number of rotatable bonds is 4. The van der Waals surface area contributed by atoms with Crippen molar-refractivity contribution in [2.24, 2.45) is 11.8 Å². The number of hydrogen-bond acceptors (Lipinski definition) is 6. The Hall–Kier alpha value is -3.07. The van der Waals surface area contributed by atoms with Gasteiger partial charge in [-0.1, -0.05) is 12.2 Å². The summed E-state index contributed by atoms with van der Waals surface area (Å²) in [6.45, 7) is 4.14. The summed E-state index contributed by atoms with van der Waals surface area (Å²) in [5.41, 5.74) is -0.0105. The average Bonchev–Trinajstić information content (AvgIpc) is 3.47. The van der Waals surface area contributed by atoms with Gasteiger partial charge in [-0.05, 0) is 31.2 Å². The van der Waals surface area contributed by atoms with E-state index in [4.69, 9.17) is 14.2 Å². The maximum Gasteiger partial charge on any atom is 0.409 e. The Bertz CT molecular complexity index is 955. The molecule has 170 valence electrons. The van der Waals surface area contributed by atoms with Gasteiger partial charge in [0.1, 0.15) is 11.4 Å². The highest BCUT2D eigenvalue weighted by Crippen LogP contribution is 2.53. The second-order valence-corrected chi connectivity index (χ2v) is 8.53. The van der Waals surface area contributed by atoms with Crippen LogP contribution in [0.15, 0.2) is 36.4 Å². The first kappa shape index (κ1) is 20.8. The van der Waals surface area contributed by atoms with E-state index in [1.807, 2.05) is 36.4 Å². The molecule has 3 saturated heterocycles. The number of fused-ring (bicyclic) bond motifs is 1. The third-order valence-electron chi connectivity index (χ3n) is 6.89. The van der Waals surface area contributed by atoms with Gasteiger partial charge in [-0.2, -0.15) is 0 Å². The number of benzene rings is 1. The van der Waals surface area contributed by atoms with E-state index in [1.165, 1.54) is 0 Å². The smallest absolute Gasteiger partial charge is 0.409 e. The normalized spacial score (nSPS) is 30.6. The highest BCUT2D eigenvalue weighted by molar-refractivity contribution is 6.03. The Morgan fingerprint density at radius 3 is 2.47 bits per heavy atom. The summed E-state index contributed by atoms with van der Waals surface area (Å²) in [6.07, 6.45) is 3.12. The lowest BCUT2D eigenvalue weighted by molar-refractivity contribution is -0.141. The molecule has 4 aliphatic heterocycles. The molecule has 1 aromatic rings. The number of carbonyl (C=O) groups excluding carboxylic acids is 3. The Morgan fingerprint density at radius 2 is 1.81 bits per heavy atom. The summed E-state index contributed by atoms with van der Waals surface area (Å²) in [6, 6.07) is 7.31. The van der Waals surface area contributed by atoms with Gasteiger partial charge in [0.25, 0.3) is 0 Å². The van der Waals surface area contributed by atoms with Crippen molar-refractivity contribution >= 4 is 23.6 Å². The van der Waals surface area contributed by atoms with E-state index < -0.39 is 23.5 Å². The predicted octanol–water partition coefficient (Wildman–Crippen LogP) is 1.28. The number of ether oxygens (including phenoxy) is 3. The summed E-state index contributed by atoms with van der Waals surface area (Å²) in [5, 5.41) is 0. The molecule has 1 aromatic carbocycles. The van der Waals surface area contributed by atoms with Crippen LogP contribution in [0, 0.1) is 11.8 Å². The zero-order valence-corrected chi connectivity index (χ0v) is 18.2. The van der Waals surface area contributed by atoms with E-state index in [1.54, 1.807) is 28.7 Å². The zero-order chi connectivity index (χ0) is 22.5. The van der Waals surface area contributed by atoms with E-state index in [2.05, 4.69) is 0 Å². The van der Waals surface area contributed by atoms with Crippen LogP contribution in [-0.2, 0) is 19.1 Å². The Morgan fingerprint density at radius 1 is 1.12 bits per heavy atom. The fourth-order valence-electron chi connectivity index (χ4n) is 5.30. The molecule has 3 fully saturated rings. The van der Waals surface area contributed by atoms with Gasteiger partial charge in [-0.25, -0.2) is 4.79 Å². The van der Waals surface area contributed by atoms with Crippen molar-refractivity contribution in [3.8, 4) is 5.75 Å². The van der Waals surface area contributed by atoms with E-state index in [-0.39, 0.29) is 17.9 Å². The molecule has 1 unspecified atom stereocenters. The molecule has 0 aliphatic carbocycles. The lowest BCUT2D eigenvalue weighted by atomic mass is 9.76. The Balaban J connectivity index is 1.32. The van der Waals surface area contributed by atoms with Crippen LogP contribution < -0.4 is 9.64 Å². The molecule has 4 aliphatic rings. The van der Waals surface area contributed by atoms with Crippen LogP contribution in [-0.4, -0.2) is 85.9 Å². The molecular weight excluding hydrogens is 414 g/mol. The van der Waals surface area contributed by atoms with Crippen LogP contribution in [0.3, 0.4) is 0 Å². The van der Waals surface area contributed by atoms with Crippen LogP contribution in [0.5, 0.6) is 5.75 Å². The summed E-state index contributed by atoms with van der Waals surface area (Å²) in [7, 11) is 1.60. The first-order valence-corrected chi connectivity index (χ1v) is 11.0. The van der Waals surface area contributed by atoms with Gasteiger partial charge in [0, 0.05) is 31.9 Å². The minimum atomic E-state index is -0.769. The average molecular weight is 441 g/mol. The maximum absolute atomic E-state index is 13.5. The van der Waals surface area contributed by atoms with Gasteiger partial charge in [0.2, 0.25) is 11.8 Å². The summed E-state index contributed by atoms with van der Waals surface area (Å²) >= 11 is 0. The largest absolute Gasteiger partial charge is 0.497 e. The van der Waals surface area contributed by atoms with Crippen molar-refractivity contribution in [1.82, 2.24) is 9.80 Å². The fourth-order valence-corrected chi connectivity index (χ4v) is 5.30. The highest BCUT2D eigenvalue weighted by atomic mass is 16.6. The van der Waals surface area contributed by atoms with E-state index in [9.17, 15) is 14.4 Å². The first-order valence-electron chi connectivity index (χ1n) is 11.0. The second-order valence-electron chi connectivity index (χ2n) is 8.53. The second kappa shape index (κ2) is 7.81. The number of nitrogens with zero attached hydrogens (tertiary/aromatic N) is 3. The number of methoxy groups -OCH3 is 1. The van der Waals surface area contributed by atoms with Crippen LogP contribution in [0.2, 0.25) is 0 Å². The van der Waals surface area contributed by atoms with Gasteiger partial charge in [-0.3, -0.25) is 9.59 Å². The van der Waals surface area contributed by atoms with E-state index >= 15 is 0 Å². The Kier molecular flexibility index (Phi) is 5.08. The summed E-state index contributed by atoms with van der Waals surface area (Å²) in [4.78, 5) is 44.0. The van der Waals surface area contributed by atoms with Crippen molar-refractivity contribution in [2.45, 2.75) is 18.6 Å². The van der Waals surface area contributed by atoms with Crippen molar-refractivity contribution < 1.29 is 28.6 Å². The van der Waals surface area contributed by atoms with Gasteiger partial charge in [0.15, 0.2) is 0 Å². The summed E-state index contributed by atoms with van der Waals surface area (Å²) in [5.74, 6) is -0.559. The number of hydrogen-bond donors (Lipinski definition) is 0. The van der Waals surface area contributed by atoms with E-state index in [0.29, 0.717) is 45.1 Å². The van der Waals surface area contributed by atoms with Crippen LogP contribution >= 0.6 is 0 Å². The number of piperazine rings is 1. The molecule has 32 heavy (non-hydrogen) atoms. The lowest BCUT2D eigenvalue weighted by Gasteiger charge is -2.36. The maximum atomic E-state index is 13.5. The van der Waals surface area contributed by atoms with Crippen LogP contribution in [0.4, 0.5) is 10.5 Å². The lowest BCUT2D eigenvalue weighted by Crippen LogP contribution is -2.54. The quantitative estimate of drug-likeness (QED) is 0.654. The Labute approximate surface area is 186 Å².